The highest BCUT2D eigenvalue weighted by Crippen LogP contribution is 2.47. The Morgan fingerprint density at radius 3 is 1.07 bits per heavy atom. The third-order valence-corrected chi connectivity index (χ3v) is 21.7. The lowest BCUT2D eigenvalue weighted by molar-refractivity contribution is -0.165. The van der Waals surface area contributed by atoms with Gasteiger partial charge in [0.15, 0.2) is 24.6 Å². The van der Waals surface area contributed by atoms with E-state index in [1.54, 1.807) is 60.0 Å². The summed E-state index contributed by atoms with van der Waals surface area (Å²) in [6.07, 6.45) is 11.9. The molecular formula is C81H86N12O14S4. The van der Waals surface area contributed by atoms with E-state index in [2.05, 4.69) is 53.4 Å². The Hall–Kier alpha value is -10.6. The molecule has 3 unspecified atom stereocenters. The van der Waals surface area contributed by atoms with Crippen LogP contribution in [0.15, 0.2) is 119 Å². The van der Waals surface area contributed by atoms with Crippen LogP contribution in [0.1, 0.15) is 135 Å². The quantitative estimate of drug-likeness (QED) is 0.0632. The van der Waals surface area contributed by atoms with Crippen LogP contribution in [0, 0.1) is 0 Å². The smallest absolute Gasteiger partial charge is 0.341 e. The number of hydrogen-bond acceptors (Lipinski definition) is 25. The normalized spacial score (nSPS) is 14.4. The van der Waals surface area contributed by atoms with Gasteiger partial charge in [-0.2, -0.15) is 20.4 Å². The Labute approximate surface area is 657 Å². The van der Waals surface area contributed by atoms with Gasteiger partial charge in [-0.1, -0.05) is 24.3 Å². The highest BCUT2D eigenvalue weighted by atomic mass is 32.1. The van der Waals surface area contributed by atoms with Gasteiger partial charge in [0.05, 0.1) is 68.9 Å². The Bertz CT molecular complexity index is 5300. The number of aryl methyl sites for hydroxylation is 8. The molecule has 0 fully saturated rings. The number of rotatable bonds is 17. The molecule has 8 aromatic heterocycles. The third-order valence-electron chi connectivity index (χ3n) is 18.6. The fraction of sp³-hybridized carbons (Fsp3) is 0.358. The van der Waals surface area contributed by atoms with Gasteiger partial charge in [0.1, 0.15) is 71.5 Å². The van der Waals surface area contributed by atoms with Crippen molar-refractivity contribution in [1.29, 1.82) is 0 Å². The van der Waals surface area contributed by atoms with Gasteiger partial charge in [0, 0.05) is 96.8 Å². The predicted octanol–water partition coefficient (Wildman–Crippen LogP) is 15.1. The first-order valence-corrected chi connectivity index (χ1v) is 39.7. The van der Waals surface area contributed by atoms with Gasteiger partial charge in [-0.25, -0.2) is 34.3 Å². The zero-order valence-corrected chi connectivity index (χ0v) is 66.9. The molecular weight excluding hydrogens is 1490 g/mol. The number of carbonyl (C=O) groups excluding carboxylic acids is 3. The number of hydrogen-bond donors (Lipinski definition) is 2. The van der Waals surface area contributed by atoms with E-state index in [0.29, 0.717) is 39.7 Å². The topological polar surface area (TPSA) is 305 Å². The number of carbonyl (C=O) groups is 4. The standard InChI is InChI=1S/C23H27N3O4S.C22H25N3O4S.C19H19N3O4S.C17H15N3O2S/c1-23(2,3)30-20(22(27)28-5)19-17(18(25-26(19)4)21-24-10-12-31-21)15-8-9-16-14(13-15)7-6-11-29-16;1-22(2,3)29-19(21(26)27)18-16(17(24-25(18)4)20-23-9-11-30-20)14-7-8-15-13(12-14)6-5-10-28-15;1-22-16(17(23)19(24)25-2)14(15(21-22)18-20-7-9-27-18)12-5-6-13-11(10-12)4-3-8-26-13;1-20-13(10-21)15(16(19-20)17-18-6-8-23-17)12-4-5-14-11(9-12)3-2-7-22-14/h8-10,12-13,20H,6-7,11H2,1-5H3;7-9,11-12,19H,5-6,10H2,1-4H3,(H,26,27);5-7,9-10,17,23H,3-4,8H2,1-2H3;4-6,8-10H,2-3,7H2,1H3. The highest BCUT2D eigenvalue weighted by molar-refractivity contribution is 7.14. The fourth-order valence-electron chi connectivity index (χ4n) is 13.8. The second-order valence-corrected chi connectivity index (χ2v) is 32.1. The first-order chi connectivity index (χ1) is 53.4. The zero-order valence-electron chi connectivity index (χ0n) is 63.6. The third kappa shape index (κ3) is 17.3. The summed E-state index contributed by atoms with van der Waals surface area (Å²) in [6.45, 7) is 14.2. The van der Waals surface area contributed by atoms with Crippen LogP contribution in [0.25, 0.3) is 87.3 Å². The molecule has 111 heavy (non-hydrogen) atoms. The van der Waals surface area contributed by atoms with E-state index in [0.717, 1.165) is 194 Å². The summed E-state index contributed by atoms with van der Waals surface area (Å²) in [5.41, 5.74) is 14.9. The molecule has 2 N–H and O–H groups in total. The number of thiazole rings is 4. The van der Waals surface area contributed by atoms with Gasteiger partial charge in [0.2, 0.25) is 0 Å². The van der Waals surface area contributed by atoms with Gasteiger partial charge in [0.25, 0.3) is 0 Å². The minimum Gasteiger partial charge on any atom is -0.493 e. The largest absolute Gasteiger partial charge is 0.493 e. The number of aliphatic hydroxyl groups excluding tert-OH is 1. The number of carboxylic acid groups (broad SMARTS) is 1. The molecule has 3 atom stereocenters. The maximum absolute atomic E-state index is 12.8. The number of methoxy groups -OCH3 is 2. The number of aliphatic carboxylic acids is 1. The van der Waals surface area contributed by atoms with Crippen LogP contribution in [-0.2, 0) is 87.2 Å². The summed E-state index contributed by atoms with van der Waals surface area (Å²) in [7, 11) is 9.67. The molecule has 12 aromatic rings. The fourth-order valence-corrected chi connectivity index (χ4v) is 16.3. The summed E-state index contributed by atoms with van der Waals surface area (Å²) < 4.78 is 51.4. The molecule has 12 heterocycles. The van der Waals surface area contributed by atoms with E-state index in [4.69, 9.17) is 43.0 Å². The molecule has 0 aliphatic carbocycles. The zero-order chi connectivity index (χ0) is 78.4. The number of aldehydes is 1. The molecule has 0 saturated carbocycles. The monoisotopic (exact) mass is 1580 g/mol. The van der Waals surface area contributed by atoms with E-state index in [1.165, 1.54) is 69.8 Å². The van der Waals surface area contributed by atoms with Crippen molar-refractivity contribution >= 4 is 69.5 Å². The summed E-state index contributed by atoms with van der Waals surface area (Å²) >= 11 is 5.95. The number of aromatic nitrogens is 12. The summed E-state index contributed by atoms with van der Waals surface area (Å²) in [5.74, 6) is 1.35. The summed E-state index contributed by atoms with van der Waals surface area (Å²) in [6, 6.07) is 24.1. The molecule has 4 aromatic carbocycles. The number of aliphatic hydroxyl groups is 1. The minimum absolute atomic E-state index is 0.378. The van der Waals surface area contributed by atoms with E-state index in [-0.39, 0.29) is 0 Å². The van der Waals surface area contributed by atoms with Crippen molar-refractivity contribution in [2.24, 2.45) is 28.2 Å². The molecule has 30 heteroatoms. The van der Waals surface area contributed by atoms with Crippen molar-refractivity contribution in [2.45, 2.75) is 122 Å². The van der Waals surface area contributed by atoms with E-state index in [9.17, 15) is 29.4 Å². The Kier molecular flexibility index (Phi) is 24.0. The molecule has 578 valence electrons. The second kappa shape index (κ2) is 33.9. The Morgan fingerprint density at radius 2 is 0.757 bits per heavy atom. The lowest BCUT2D eigenvalue weighted by Gasteiger charge is -2.27. The van der Waals surface area contributed by atoms with E-state index in [1.807, 2.05) is 125 Å². The van der Waals surface area contributed by atoms with Crippen molar-refractivity contribution < 1.29 is 67.3 Å². The lowest BCUT2D eigenvalue weighted by atomic mass is 9.95. The molecule has 16 rings (SSSR count). The average Bonchev–Trinajstić information content (AvgIpc) is 1.64. The van der Waals surface area contributed by atoms with Crippen LogP contribution in [-0.4, -0.2) is 145 Å². The van der Waals surface area contributed by atoms with Crippen LogP contribution >= 0.6 is 45.3 Å². The van der Waals surface area contributed by atoms with Crippen LogP contribution < -0.4 is 18.9 Å². The maximum atomic E-state index is 12.8. The number of fused-ring (bicyclic) bond motifs is 4. The molecule has 26 nitrogen and oxygen atoms in total. The van der Waals surface area contributed by atoms with Crippen LogP contribution in [0.2, 0.25) is 0 Å². The number of benzene rings is 4. The van der Waals surface area contributed by atoms with Gasteiger partial charge in [-0.3, -0.25) is 23.5 Å². The maximum Gasteiger partial charge on any atom is 0.341 e. The van der Waals surface area contributed by atoms with Gasteiger partial charge in [-0.15, -0.1) is 45.3 Å². The number of nitrogens with zero attached hydrogens (tertiary/aromatic N) is 12. The van der Waals surface area contributed by atoms with Gasteiger partial charge < -0.3 is 48.1 Å². The molecule has 0 saturated heterocycles. The molecule has 4 aliphatic heterocycles. The van der Waals surface area contributed by atoms with Crippen LogP contribution in [0.4, 0.5) is 0 Å². The number of carboxylic acids is 1. The van der Waals surface area contributed by atoms with Crippen molar-refractivity contribution in [3.05, 3.63) is 164 Å². The van der Waals surface area contributed by atoms with Crippen molar-refractivity contribution in [1.82, 2.24) is 59.1 Å². The van der Waals surface area contributed by atoms with Crippen molar-refractivity contribution in [3.63, 3.8) is 0 Å². The lowest BCUT2D eigenvalue weighted by Crippen LogP contribution is -2.29. The number of ether oxygens (including phenoxy) is 8. The second-order valence-electron chi connectivity index (χ2n) is 28.5. The summed E-state index contributed by atoms with van der Waals surface area (Å²) in [5, 5.41) is 49.7. The van der Waals surface area contributed by atoms with E-state index < -0.39 is 47.4 Å². The SMILES string of the molecule is COC(=O)C(O)c1c(-c2ccc3c(c2)CCCO3)c(-c2nccs2)nn1C.COC(=O)C(OC(C)(C)C)c1c(-c2ccc3c(c2)CCCO3)c(-c2nccs2)nn1C.Cn1nc(-c2nccs2)c(-c2ccc3c(c2)CCCO3)c1C(OC(C)(C)C)C(=O)O.Cn1nc(-c2nccs2)c(-c2ccc3c(c2)CCCO3)c1C=O. The molecule has 4 aliphatic rings. The molecule has 0 radical (unpaired) electrons. The predicted molar refractivity (Wildman–Crippen MR) is 423 cm³/mol. The van der Waals surface area contributed by atoms with Crippen LogP contribution in [0.3, 0.4) is 0 Å². The molecule has 0 bridgehead atoms. The van der Waals surface area contributed by atoms with E-state index >= 15 is 0 Å². The minimum atomic E-state index is -1.44. The first kappa shape index (κ1) is 78.5. The first-order valence-electron chi connectivity index (χ1n) is 36.2. The molecule has 0 amide bonds. The Balaban J connectivity index is 0.000000130. The summed E-state index contributed by atoms with van der Waals surface area (Å²) in [4.78, 5) is 66.3. The van der Waals surface area contributed by atoms with Crippen molar-refractivity contribution in [2.75, 3.05) is 40.6 Å². The number of esters is 2. The van der Waals surface area contributed by atoms with Gasteiger partial charge >= 0.3 is 17.9 Å². The Morgan fingerprint density at radius 1 is 0.450 bits per heavy atom. The molecule has 0 spiro atoms. The van der Waals surface area contributed by atoms with Crippen molar-refractivity contribution in [3.8, 4) is 110 Å². The average molecular weight is 1580 g/mol. The van der Waals surface area contributed by atoms with Gasteiger partial charge in [-0.05, 0) is 186 Å². The highest BCUT2D eigenvalue weighted by Gasteiger charge is 2.39. The van der Waals surface area contributed by atoms with Crippen LogP contribution in [0.5, 0.6) is 23.0 Å².